The van der Waals surface area contributed by atoms with E-state index in [1.54, 1.807) is 12.3 Å². The first-order valence-corrected chi connectivity index (χ1v) is 9.93. The van der Waals surface area contributed by atoms with Gasteiger partial charge in [0.15, 0.2) is 0 Å². The Balaban J connectivity index is 1.29. The van der Waals surface area contributed by atoms with Gasteiger partial charge in [0, 0.05) is 30.6 Å². The van der Waals surface area contributed by atoms with Crippen molar-refractivity contribution in [2.75, 3.05) is 18.9 Å². The van der Waals surface area contributed by atoms with Gasteiger partial charge < -0.3 is 15.8 Å². The standard InChI is InChI=1S/C25H23N3O2/c1-17-24(26)14-18(15-28-17)8-6-7-13-27-25(29)30-16-23-21-11-4-2-9-19(21)20-10-3-5-12-22(20)23/h2-5,9-12,14-15,23H,7,13,16,26H2,1H3,(H,27,29). The van der Waals surface area contributed by atoms with E-state index in [-0.39, 0.29) is 5.92 Å². The first kappa shape index (κ1) is 19.5. The van der Waals surface area contributed by atoms with Crippen LogP contribution in [0, 0.1) is 18.8 Å². The molecule has 0 aliphatic heterocycles. The number of anilines is 1. The smallest absolute Gasteiger partial charge is 0.407 e. The number of nitrogens with one attached hydrogen (secondary N) is 1. The molecule has 150 valence electrons. The molecule has 5 nitrogen and oxygen atoms in total. The third kappa shape index (κ3) is 4.13. The lowest BCUT2D eigenvalue weighted by Crippen LogP contribution is -2.26. The van der Waals surface area contributed by atoms with E-state index in [0.29, 0.717) is 25.3 Å². The molecule has 0 unspecified atom stereocenters. The van der Waals surface area contributed by atoms with Crippen molar-refractivity contribution in [2.45, 2.75) is 19.3 Å². The zero-order chi connectivity index (χ0) is 20.9. The van der Waals surface area contributed by atoms with Gasteiger partial charge in [-0.1, -0.05) is 60.4 Å². The van der Waals surface area contributed by atoms with Crippen LogP contribution in [-0.4, -0.2) is 24.2 Å². The molecule has 1 amide bonds. The monoisotopic (exact) mass is 397 g/mol. The van der Waals surface area contributed by atoms with Crippen molar-refractivity contribution < 1.29 is 9.53 Å². The number of nitrogen functional groups attached to an aromatic ring is 1. The molecular weight excluding hydrogens is 374 g/mol. The molecule has 0 bridgehead atoms. The van der Waals surface area contributed by atoms with Crippen molar-refractivity contribution in [1.29, 1.82) is 0 Å². The van der Waals surface area contributed by atoms with Crippen LogP contribution < -0.4 is 11.1 Å². The molecule has 0 atom stereocenters. The molecule has 1 aliphatic carbocycles. The number of carbonyl (C=O) groups excluding carboxylic acids is 1. The van der Waals surface area contributed by atoms with Crippen molar-refractivity contribution in [3.63, 3.8) is 0 Å². The van der Waals surface area contributed by atoms with Gasteiger partial charge in [-0.05, 0) is 35.2 Å². The summed E-state index contributed by atoms with van der Waals surface area (Å²) in [5.41, 5.74) is 12.8. The Labute approximate surface area is 176 Å². The van der Waals surface area contributed by atoms with Crippen LogP contribution in [0.4, 0.5) is 10.5 Å². The lowest BCUT2D eigenvalue weighted by Gasteiger charge is -2.14. The molecule has 0 spiro atoms. The number of alkyl carbamates (subject to hydrolysis) is 1. The first-order valence-electron chi connectivity index (χ1n) is 9.93. The summed E-state index contributed by atoms with van der Waals surface area (Å²) >= 11 is 0. The number of fused-ring (bicyclic) bond motifs is 3. The molecule has 5 heteroatoms. The summed E-state index contributed by atoms with van der Waals surface area (Å²) in [4.78, 5) is 16.3. The van der Waals surface area contributed by atoms with Crippen LogP contribution in [0.5, 0.6) is 0 Å². The number of carbonyl (C=O) groups is 1. The summed E-state index contributed by atoms with van der Waals surface area (Å²) in [6.45, 7) is 2.57. The number of amides is 1. The van der Waals surface area contributed by atoms with Gasteiger partial charge in [0.25, 0.3) is 0 Å². The third-order valence-corrected chi connectivity index (χ3v) is 5.22. The summed E-state index contributed by atoms with van der Waals surface area (Å²) in [6.07, 6.45) is 1.77. The average Bonchev–Trinajstić information content (AvgIpc) is 3.08. The quantitative estimate of drug-likeness (QED) is 0.510. The van der Waals surface area contributed by atoms with E-state index in [2.05, 4.69) is 46.4 Å². The molecule has 4 rings (SSSR count). The first-order chi connectivity index (χ1) is 14.6. The van der Waals surface area contributed by atoms with Crippen LogP contribution in [0.25, 0.3) is 11.1 Å². The maximum atomic E-state index is 12.1. The maximum absolute atomic E-state index is 12.1. The zero-order valence-electron chi connectivity index (χ0n) is 16.8. The normalized spacial score (nSPS) is 11.8. The molecule has 0 radical (unpaired) electrons. The van der Waals surface area contributed by atoms with Gasteiger partial charge in [0.2, 0.25) is 0 Å². The number of aryl methyl sites for hydroxylation is 1. The van der Waals surface area contributed by atoms with Gasteiger partial charge >= 0.3 is 6.09 Å². The third-order valence-electron chi connectivity index (χ3n) is 5.22. The van der Waals surface area contributed by atoms with Gasteiger partial charge in [-0.15, -0.1) is 0 Å². The van der Waals surface area contributed by atoms with Crippen molar-refractivity contribution in [3.05, 3.63) is 83.2 Å². The molecule has 3 aromatic rings. The average molecular weight is 397 g/mol. The highest BCUT2D eigenvalue weighted by atomic mass is 16.5. The highest BCUT2D eigenvalue weighted by Crippen LogP contribution is 2.44. The fourth-order valence-electron chi connectivity index (χ4n) is 3.66. The Morgan fingerprint density at radius 1 is 1.13 bits per heavy atom. The number of rotatable bonds is 4. The van der Waals surface area contributed by atoms with E-state index in [1.165, 1.54) is 22.3 Å². The molecule has 3 N–H and O–H groups in total. The number of pyridine rings is 1. The molecule has 2 aromatic carbocycles. The highest BCUT2D eigenvalue weighted by molar-refractivity contribution is 5.79. The highest BCUT2D eigenvalue weighted by Gasteiger charge is 2.28. The second-order valence-electron chi connectivity index (χ2n) is 7.20. The van der Waals surface area contributed by atoms with Crippen molar-refractivity contribution in [2.24, 2.45) is 0 Å². The molecule has 0 saturated carbocycles. The molecule has 1 aromatic heterocycles. The molecule has 0 saturated heterocycles. The van der Waals surface area contributed by atoms with Gasteiger partial charge in [-0.2, -0.15) is 0 Å². The molecule has 30 heavy (non-hydrogen) atoms. The van der Waals surface area contributed by atoms with Gasteiger partial charge in [0.05, 0.1) is 11.4 Å². The molecular formula is C25H23N3O2. The number of benzene rings is 2. The van der Waals surface area contributed by atoms with Crippen LogP contribution in [0.2, 0.25) is 0 Å². The second kappa shape index (κ2) is 8.71. The Kier molecular flexibility index (Phi) is 5.67. The fourth-order valence-corrected chi connectivity index (χ4v) is 3.66. The largest absolute Gasteiger partial charge is 0.449 e. The van der Waals surface area contributed by atoms with E-state index >= 15 is 0 Å². The SMILES string of the molecule is Cc1ncc(C#CCCNC(=O)OCC2c3ccccc3-c3ccccc32)cc1N. The number of nitrogens with zero attached hydrogens (tertiary/aromatic N) is 1. The molecule has 1 heterocycles. The predicted molar refractivity (Wildman–Crippen MR) is 118 cm³/mol. The predicted octanol–water partition coefficient (Wildman–Crippen LogP) is 4.25. The lowest BCUT2D eigenvalue weighted by atomic mass is 9.98. The van der Waals surface area contributed by atoms with Crippen molar-refractivity contribution in [3.8, 4) is 23.0 Å². The number of aromatic nitrogens is 1. The van der Waals surface area contributed by atoms with Crippen LogP contribution in [0.3, 0.4) is 0 Å². The number of ether oxygens (including phenoxy) is 1. The number of hydrogen-bond donors (Lipinski definition) is 2. The van der Waals surface area contributed by atoms with E-state index in [4.69, 9.17) is 10.5 Å². The van der Waals surface area contributed by atoms with Crippen molar-refractivity contribution in [1.82, 2.24) is 10.3 Å². The summed E-state index contributed by atoms with van der Waals surface area (Å²) < 4.78 is 5.51. The van der Waals surface area contributed by atoms with E-state index < -0.39 is 6.09 Å². The van der Waals surface area contributed by atoms with E-state index in [9.17, 15) is 4.79 Å². The fraction of sp³-hybridized carbons (Fsp3) is 0.200. The van der Waals surface area contributed by atoms with Crippen LogP contribution in [0.1, 0.15) is 34.7 Å². The van der Waals surface area contributed by atoms with E-state index in [0.717, 1.165) is 11.3 Å². The van der Waals surface area contributed by atoms with Crippen molar-refractivity contribution >= 4 is 11.8 Å². The summed E-state index contributed by atoms with van der Waals surface area (Å²) in [5.74, 6) is 6.07. The summed E-state index contributed by atoms with van der Waals surface area (Å²) in [7, 11) is 0. The topological polar surface area (TPSA) is 77.2 Å². The lowest BCUT2D eigenvalue weighted by molar-refractivity contribution is 0.143. The van der Waals surface area contributed by atoms with Crippen LogP contribution in [-0.2, 0) is 4.74 Å². The maximum Gasteiger partial charge on any atom is 0.407 e. The van der Waals surface area contributed by atoms with E-state index in [1.807, 2.05) is 31.2 Å². The summed E-state index contributed by atoms with van der Waals surface area (Å²) in [5, 5.41) is 2.76. The Bertz CT molecular complexity index is 1100. The Morgan fingerprint density at radius 2 is 1.80 bits per heavy atom. The van der Waals surface area contributed by atoms with Gasteiger partial charge in [-0.25, -0.2) is 4.79 Å². The minimum atomic E-state index is -0.431. The molecule has 1 aliphatic rings. The second-order valence-corrected chi connectivity index (χ2v) is 7.20. The van der Waals surface area contributed by atoms with Crippen LogP contribution >= 0.6 is 0 Å². The minimum Gasteiger partial charge on any atom is -0.449 e. The van der Waals surface area contributed by atoms with Gasteiger partial charge in [-0.3, -0.25) is 4.98 Å². The summed E-state index contributed by atoms with van der Waals surface area (Å²) in [6, 6.07) is 18.3. The molecule has 0 fully saturated rings. The Hall–Kier alpha value is -3.78. The Morgan fingerprint density at radius 3 is 2.47 bits per heavy atom. The number of nitrogens with two attached hydrogens (primary N) is 1. The number of hydrogen-bond acceptors (Lipinski definition) is 4. The van der Waals surface area contributed by atoms with Gasteiger partial charge in [0.1, 0.15) is 6.61 Å². The van der Waals surface area contributed by atoms with Crippen LogP contribution in [0.15, 0.2) is 60.8 Å². The minimum absolute atomic E-state index is 0.0578. The zero-order valence-corrected chi connectivity index (χ0v) is 16.8.